The minimum Gasteiger partial charge on any atom is -0.326 e. The number of likely N-dealkylation sites (tertiary alicyclic amines) is 2. The van der Waals surface area contributed by atoms with Crippen molar-refractivity contribution in [3.63, 3.8) is 0 Å². The van der Waals surface area contributed by atoms with Crippen molar-refractivity contribution in [2.75, 3.05) is 43.4 Å². The first-order chi connectivity index (χ1) is 14.0. The molecule has 29 heavy (non-hydrogen) atoms. The molecule has 0 aromatic heterocycles. The molecule has 1 aromatic rings. The summed E-state index contributed by atoms with van der Waals surface area (Å²) >= 11 is 0. The number of anilines is 2. The average Bonchev–Trinajstić information content (AvgIpc) is 2.99. The number of hydrogen-bond donors (Lipinski definition) is 2. The Morgan fingerprint density at radius 2 is 1.69 bits per heavy atom. The average molecular weight is 401 g/mol. The van der Waals surface area contributed by atoms with Gasteiger partial charge in [-0.1, -0.05) is 25.8 Å². The van der Waals surface area contributed by atoms with Gasteiger partial charge < -0.3 is 20.4 Å². The van der Waals surface area contributed by atoms with Crippen molar-refractivity contribution in [2.45, 2.75) is 58.8 Å². The molecule has 0 radical (unpaired) electrons. The quantitative estimate of drug-likeness (QED) is 0.767. The van der Waals surface area contributed by atoms with Crippen molar-refractivity contribution < 1.29 is 9.59 Å². The lowest BCUT2D eigenvalue weighted by Crippen LogP contribution is -2.43. The Bertz CT molecular complexity index is 690. The van der Waals surface area contributed by atoms with Gasteiger partial charge in [0.15, 0.2) is 0 Å². The lowest BCUT2D eigenvalue weighted by atomic mass is 9.96. The Kier molecular flexibility index (Phi) is 7.92. The third-order valence-corrected chi connectivity index (χ3v) is 6.20. The van der Waals surface area contributed by atoms with Crippen LogP contribution in [-0.2, 0) is 4.79 Å². The summed E-state index contributed by atoms with van der Waals surface area (Å²) in [5.74, 6) is 0.670. The van der Waals surface area contributed by atoms with Gasteiger partial charge in [-0.2, -0.15) is 0 Å². The Labute approximate surface area is 175 Å². The van der Waals surface area contributed by atoms with Crippen LogP contribution in [0.25, 0.3) is 0 Å². The van der Waals surface area contributed by atoms with Crippen molar-refractivity contribution in [3.8, 4) is 0 Å². The molecule has 2 aliphatic heterocycles. The first kappa shape index (κ1) is 21.6. The van der Waals surface area contributed by atoms with Crippen molar-refractivity contribution >= 4 is 23.3 Å². The lowest BCUT2D eigenvalue weighted by Gasteiger charge is -2.34. The van der Waals surface area contributed by atoms with Gasteiger partial charge in [0.25, 0.3) is 0 Å². The van der Waals surface area contributed by atoms with Gasteiger partial charge in [0.2, 0.25) is 5.91 Å². The second-order valence-corrected chi connectivity index (χ2v) is 8.51. The number of nitrogens with zero attached hydrogens (tertiary/aromatic N) is 2. The summed E-state index contributed by atoms with van der Waals surface area (Å²) in [5.41, 5.74) is 2.47. The number of amides is 3. The van der Waals surface area contributed by atoms with E-state index in [1.165, 1.54) is 45.3 Å². The van der Waals surface area contributed by atoms with Crippen LogP contribution in [0.4, 0.5) is 16.2 Å². The van der Waals surface area contributed by atoms with Crippen molar-refractivity contribution in [3.05, 3.63) is 23.8 Å². The Morgan fingerprint density at radius 3 is 2.34 bits per heavy atom. The molecular weight excluding hydrogens is 364 g/mol. The zero-order valence-corrected chi connectivity index (χ0v) is 18.0. The number of piperidine rings is 1. The third kappa shape index (κ3) is 6.46. The molecule has 1 aromatic carbocycles. The van der Waals surface area contributed by atoms with E-state index >= 15 is 0 Å². The summed E-state index contributed by atoms with van der Waals surface area (Å²) < 4.78 is 0. The molecule has 160 valence electrons. The number of hydrogen-bond acceptors (Lipinski definition) is 3. The summed E-state index contributed by atoms with van der Waals surface area (Å²) in [6.07, 6.45) is 8.00. The zero-order chi connectivity index (χ0) is 20.6. The van der Waals surface area contributed by atoms with Gasteiger partial charge in [-0.3, -0.25) is 4.79 Å². The van der Waals surface area contributed by atoms with E-state index < -0.39 is 0 Å². The first-order valence-corrected chi connectivity index (χ1v) is 11.2. The van der Waals surface area contributed by atoms with E-state index in [0.717, 1.165) is 37.2 Å². The number of benzene rings is 1. The maximum Gasteiger partial charge on any atom is 0.321 e. The van der Waals surface area contributed by atoms with Gasteiger partial charge >= 0.3 is 6.03 Å². The largest absolute Gasteiger partial charge is 0.326 e. The number of carbonyl (C=O) groups is 2. The van der Waals surface area contributed by atoms with Crippen LogP contribution >= 0.6 is 0 Å². The molecule has 2 aliphatic rings. The molecular formula is C23H36N4O2. The van der Waals surface area contributed by atoms with Crippen LogP contribution in [0.3, 0.4) is 0 Å². The lowest BCUT2D eigenvalue weighted by molar-refractivity contribution is -0.115. The number of carbonyl (C=O) groups excluding carboxylic acids is 2. The van der Waals surface area contributed by atoms with Gasteiger partial charge in [-0.25, -0.2) is 4.79 Å². The van der Waals surface area contributed by atoms with Gasteiger partial charge in [0, 0.05) is 37.4 Å². The minimum atomic E-state index is -0.0414. The molecule has 2 saturated heterocycles. The Hall–Kier alpha value is -2.08. The maximum absolute atomic E-state index is 12.8. The van der Waals surface area contributed by atoms with Crippen LogP contribution in [0.15, 0.2) is 18.2 Å². The predicted octanol–water partition coefficient (Wildman–Crippen LogP) is 4.46. The van der Waals surface area contributed by atoms with E-state index in [0.29, 0.717) is 18.0 Å². The highest BCUT2D eigenvalue weighted by Crippen LogP contribution is 2.24. The van der Waals surface area contributed by atoms with Gasteiger partial charge in [0.05, 0.1) is 0 Å². The highest BCUT2D eigenvalue weighted by molar-refractivity contribution is 5.94. The van der Waals surface area contributed by atoms with Gasteiger partial charge in [-0.15, -0.1) is 0 Å². The minimum absolute atomic E-state index is 0.0300. The summed E-state index contributed by atoms with van der Waals surface area (Å²) in [6.45, 7) is 9.09. The normalized spacial score (nSPS) is 18.9. The fourth-order valence-corrected chi connectivity index (χ4v) is 4.28. The van der Waals surface area contributed by atoms with Crippen molar-refractivity contribution in [2.24, 2.45) is 5.92 Å². The summed E-state index contributed by atoms with van der Waals surface area (Å²) in [6, 6.07) is 5.59. The molecule has 6 heteroatoms. The van der Waals surface area contributed by atoms with E-state index in [1.54, 1.807) is 0 Å². The van der Waals surface area contributed by atoms with Crippen LogP contribution in [-0.4, -0.2) is 54.5 Å². The second-order valence-electron chi connectivity index (χ2n) is 8.51. The molecule has 2 heterocycles. The standard InChI is InChI=1S/C23H36N4O2/c1-3-22(28)24-20-9-8-18(2)21(16-20)25-23(29)27-14-10-19(11-15-27)17-26-12-6-4-5-7-13-26/h8-9,16,19H,3-7,10-15,17H2,1-2H3,(H,24,28)(H,25,29). The Balaban J connectivity index is 1.49. The van der Waals surface area contributed by atoms with Crippen LogP contribution < -0.4 is 10.6 Å². The first-order valence-electron chi connectivity index (χ1n) is 11.2. The summed E-state index contributed by atoms with van der Waals surface area (Å²) in [7, 11) is 0. The molecule has 2 N–H and O–H groups in total. The summed E-state index contributed by atoms with van der Waals surface area (Å²) in [4.78, 5) is 29.0. The van der Waals surface area contributed by atoms with Crippen LogP contribution in [0, 0.1) is 12.8 Å². The smallest absolute Gasteiger partial charge is 0.321 e. The molecule has 0 bridgehead atoms. The van der Waals surface area contributed by atoms with E-state index in [2.05, 4.69) is 15.5 Å². The molecule has 0 spiro atoms. The molecule has 0 aliphatic carbocycles. The fourth-order valence-electron chi connectivity index (χ4n) is 4.28. The van der Waals surface area contributed by atoms with Gasteiger partial charge in [0.1, 0.15) is 0 Å². The van der Waals surface area contributed by atoms with E-state index in [9.17, 15) is 9.59 Å². The number of nitrogens with one attached hydrogen (secondary N) is 2. The third-order valence-electron chi connectivity index (χ3n) is 6.20. The van der Waals surface area contributed by atoms with Crippen LogP contribution in [0.5, 0.6) is 0 Å². The molecule has 0 atom stereocenters. The van der Waals surface area contributed by atoms with Crippen LogP contribution in [0.1, 0.15) is 57.4 Å². The monoisotopic (exact) mass is 400 g/mol. The van der Waals surface area contributed by atoms with E-state index in [4.69, 9.17) is 0 Å². The van der Waals surface area contributed by atoms with Crippen LogP contribution in [0.2, 0.25) is 0 Å². The summed E-state index contributed by atoms with van der Waals surface area (Å²) in [5, 5.41) is 5.89. The predicted molar refractivity (Wildman–Crippen MR) is 118 cm³/mol. The molecule has 3 amide bonds. The van der Waals surface area contributed by atoms with E-state index in [-0.39, 0.29) is 11.9 Å². The maximum atomic E-state index is 12.8. The topological polar surface area (TPSA) is 64.7 Å². The molecule has 0 unspecified atom stereocenters. The second kappa shape index (κ2) is 10.6. The molecule has 2 fully saturated rings. The van der Waals surface area contributed by atoms with Gasteiger partial charge in [-0.05, 0) is 69.3 Å². The zero-order valence-electron chi connectivity index (χ0n) is 18.0. The molecule has 6 nitrogen and oxygen atoms in total. The van der Waals surface area contributed by atoms with Crippen molar-refractivity contribution in [1.29, 1.82) is 0 Å². The molecule has 0 saturated carbocycles. The number of aryl methyl sites for hydroxylation is 1. The highest BCUT2D eigenvalue weighted by atomic mass is 16.2. The van der Waals surface area contributed by atoms with Crippen molar-refractivity contribution in [1.82, 2.24) is 9.80 Å². The van der Waals surface area contributed by atoms with E-state index in [1.807, 2.05) is 36.9 Å². The number of urea groups is 1. The molecule has 3 rings (SSSR count). The number of rotatable bonds is 5. The highest BCUT2D eigenvalue weighted by Gasteiger charge is 2.25. The Morgan fingerprint density at radius 1 is 1.00 bits per heavy atom. The fraction of sp³-hybridized carbons (Fsp3) is 0.652. The SMILES string of the molecule is CCC(=O)Nc1ccc(C)c(NC(=O)N2CCC(CN3CCCCCC3)CC2)c1.